The van der Waals surface area contributed by atoms with Crippen molar-refractivity contribution >= 4 is 18.1 Å². The van der Waals surface area contributed by atoms with Crippen LogP contribution >= 0.6 is 0 Å². The lowest BCUT2D eigenvalue weighted by Gasteiger charge is -2.20. The number of aldehydes is 1. The number of aromatic hydroxyl groups is 1. The number of carbonyl (C=O) groups excluding carboxylic acids is 2. The Kier molecular flexibility index (Phi) is 4.53. The van der Waals surface area contributed by atoms with Crippen molar-refractivity contribution < 1.29 is 19.4 Å². The molecule has 0 spiro atoms. The number of phenolic OH excluding ortho intramolecular Hbond substituents is 1. The Labute approximate surface area is 112 Å². The first-order valence-electron chi connectivity index (χ1n) is 6.08. The van der Waals surface area contributed by atoms with Crippen molar-refractivity contribution in [3.05, 3.63) is 23.3 Å². The van der Waals surface area contributed by atoms with Gasteiger partial charge in [0.05, 0.1) is 5.56 Å². The van der Waals surface area contributed by atoms with Crippen LogP contribution < -0.4 is 5.32 Å². The van der Waals surface area contributed by atoms with Crippen LogP contribution in [-0.2, 0) is 11.2 Å². The van der Waals surface area contributed by atoms with E-state index >= 15 is 0 Å². The third-order valence-corrected chi connectivity index (χ3v) is 2.37. The van der Waals surface area contributed by atoms with Gasteiger partial charge in [-0.3, -0.25) is 10.1 Å². The lowest BCUT2D eigenvalue weighted by atomic mass is 10.1. The highest BCUT2D eigenvalue weighted by Crippen LogP contribution is 2.26. The van der Waals surface area contributed by atoms with Crippen molar-refractivity contribution in [3.63, 3.8) is 0 Å². The molecule has 0 unspecified atom stereocenters. The van der Waals surface area contributed by atoms with Gasteiger partial charge >= 0.3 is 6.09 Å². The number of rotatable bonds is 3. The maximum Gasteiger partial charge on any atom is 0.412 e. The van der Waals surface area contributed by atoms with Crippen molar-refractivity contribution in [2.24, 2.45) is 0 Å². The van der Waals surface area contributed by atoms with Crippen molar-refractivity contribution in [1.29, 1.82) is 0 Å². The molecule has 0 aliphatic rings. The number of carbonyl (C=O) groups is 2. The number of hydrogen-bond acceptors (Lipinski definition) is 4. The molecule has 104 valence electrons. The molecule has 0 aromatic heterocycles. The SMILES string of the molecule is CCc1cc(NC(=O)OC(C)(C)C)cc(C=O)c1O. The van der Waals surface area contributed by atoms with Crippen LogP contribution in [0.1, 0.15) is 43.6 Å². The summed E-state index contributed by atoms with van der Waals surface area (Å²) < 4.78 is 5.12. The van der Waals surface area contributed by atoms with Crippen molar-refractivity contribution in [3.8, 4) is 5.75 Å². The molecule has 0 bridgehead atoms. The van der Waals surface area contributed by atoms with Gasteiger partial charge in [0.25, 0.3) is 0 Å². The van der Waals surface area contributed by atoms with E-state index in [1.54, 1.807) is 26.8 Å². The Morgan fingerprint density at radius 3 is 2.53 bits per heavy atom. The minimum absolute atomic E-state index is 0.0489. The Bertz CT molecular complexity index is 489. The highest BCUT2D eigenvalue weighted by atomic mass is 16.6. The predicted octanol–water partition coefficient (Wildman–Crippen LogP) is 3.11. The first-order chi connectivity index (χ1) is 8.76. The van der Waals surface area contributed by atoms with Crippen LogP contribution in [0.5, 0.6) is 5.75 Å². The van der Waals surface area contributed by atoms with Crippen LogP contribution in [0.25, 0.3) is 0 Å². The monoisotopic (exact) mass is 265 g/mol. The molecule has 19 heavy (non-hydrogen) atoms. The smallest absolute Gasteiger partial charge is 0.412 e. The molecule has 1 rings (SSSR count). The molecular weight excluding hydrogens is 246 g/mol. The molecule has 1 aromatic carbocycles. The summed E-state index contributed by atoms with van der Waals surface area (Å²) in [6.07, 6.45) is 0.503. The number of nitrogens with one attached hydrogen (secondary N) is 1. The molecular formula is C14H19NO4. The quantitative estimate of drug-likeness (QED) is 0.650. The van der Waals surface area contributed by atoms with Crippen molar-refractivity contribution in [2.75, 3.05) is 5.32 Å². The van der Waals surface area contributed by atoms with Crippen LogP contribution in [0.3, 0.4) is 0 Å². The molecule has 1 amide bonds. The molecule has 0 aliphatic heterocycles. The number of phenols is 1. The van der Waals surface area contributed by atoms with Gasteiger partial charge in [-0.1, -0.05) is 6.92 Å². The van der Waals surface area contributed by atoms with E-state index in [4.69, 9.17) is 4.74 Å². The standard InChI is InChI=1S/C14H19NO4/c1-5-9-6-11(7-10(8-16)12(9)17)15-13(18)19-14(2,3)4/h6-8,17H,5H2,1-4H3,(H,15,18). The molecule has 5 heteroatoms. The number of aryl methyl sites for hydroxylation is 1. The normalized spacial score (nSPS) is 10.9. The minimum atomic E-state index is -0.600. The fourth-order valence-electron chi connectivity index (χ4n) is 1.57. The summed E-state index contributed by atoms with van der Waals surface area (Å²) in [5, 5.41) is 12.3. The second-order valence-corrected chi connectivity index (χ2v) is 5.17. The molecule has 0 atom stereocenters. The van der Waals surface area contributed by atoms with Gasteiger partial charge in [-0.25, -0.2) is 4.79 Å². The Balaban J connectivity index is 2.96. The second kappa shape index (κ2) is 5.73. The largest absolute Gasteiger partial charge is 0.507 e. The molecule has 2 N–H and O–H groups in total. The van der Waals surface area contributed by atoms with E-state index in [1.807, 2.05) is 6.92 Å². The van der Waals surface area contributed by atoms with Gasteiger partial charge < -0.3 is 9.84 Å². The maximum atomic E-state index is 11.6. The first-order valence-corrected chi connectivity index (χ1v) is 6.08. The predicted molar refractivity (Wildman–Crippen MR) is 72.7 cm³/mol. The average molecular weight is 265 g/mol. The van der Waals surface area contributed by atoms with Gasteiger partial charge in [0.1, 0.15) is 11.4 Å². The lowest BCUT2D eigenvalue weighted by Crippen LogP contribution is -2.27. The average Bonchev–Trinajstić information content (AvgIpc) is 2.28. The fourth-order valence-corrected chi connectivity index (χ4v) is 1.57. The van der Waals surface area contributed by atoms with Gasteiger partial charge in [0.15, 0.2) is 6.29 Å². The zero-order valence-corrected chi connectivity index (χ0v) is 11.6. The van der Waals surface area contributed by atoms with E-state index in [-0.39, 0.29) is 11.3 Å². The lowest BCUT2D eigenvalue weighted by molar-refractivity contribution is 0.0635. The Hall–Kier alpha value is -2.04. The van der Waals surface area contributed by atoms with Gasteiger partial charge in [0, 0.05) is 5.69 Å². The van der Waals surface area contributed by atoms with Gasteiger partial charge in [-0.15, -0.1) is 0 Å². The van der Waals surface area contributed by atoms with Crippen LogP contribution in [0.4, 0.5) is 10.5 Å². The summed E-state index contributed by atoms with van der Waals surface area (Å²) in [6.45, 7) is 7.13. The van der Waals surface area contributed by atoms with Crippen molar-refractivity contribution in [2.45, 2.75) is 39.7 Å². The van der Waals surface area contributed by atoms with E-state index < -0.39 is 11.7 Å². The molecule has 0 heterocycles. The molecule has 0 radical (unpaired) electrons. The van der Waals surface area contributed by atoms with Gasteiger partial charge in [-0.2, -0.15) is 0 Å². The number of anilines is 1. The second-order valence-electron chi connectivity index (χ2n) is 5.17. The topological polar surface area (TPSA) is 75.6 Å². The molecule has 0 saturated heterocycles. The van der Waals surface area contributed by atoms with E-state index in [0.717, 1.165) is 0 Å². The summed E-state index contributed by atoms with van der Waals surface area (Å²) >= 11 is 0. The first kappa shape index (κ1) is 15.0. The van der Waals surface area contributed by atoms with Crippen LogP contribution in [0.2, 0.25) is 0 Å². The summed E-state index contributed by atoms with van der Waals surface area (Å²) in [7, 11) is 0. The Morgan fingerprint density at radius 1 is 1.42 bits per heavy atom. The van der Waals surface area contributed by atoms with E-state index in [1.165, 1.54) is 6.07 Å². The molecule has 1 aromatic rings. The number of amides is 1. The summed E-state index contributed by atoms with van der Waals surface area (Å²) in [4.78, 5) is 22.5. The maximum absolute atomic E-state index is 11.6. The summed E-state index contributed by atoms with van der Waals surface area (Å²) in [6, 6.07) is 3.03. The van der Waals surface area contributed by atoms with Crippen LogP contribution in [0.15, 0.2) is 12.1 Å². The zero-order valence-electron chi connectivity index (χ0n) is 11.6. The summed E-state index contributed by atoms with van der Waals surface area (Å²) in [5.41, 5.74) is 0.564. The van der Waals surface area contributed by atoms with E-state index in [0.29, 0.717) is 24.0 Å². The van der Waals surface area contributed by atoms with Gasteiger partial charge in [-0.05, 0) is 44.9 Å². The molecule has 0 fully saturated rings. The fraction of sp³-hybridized carbons (Fsp3) is 0.429. The third-order valence-electron chi connectivity index (χ3n) is 2.37. The van der Waals surface area contributed by atoms with Crippen LogP contribution in [-0.4, -0.2) is 23.1 Å². The highest BCUT2D eigenvalue weighted by molar-refractivity contribution is 5.89. The van der Waals surface area contributed by atoms with Crippen LogP contribution in [0, 0.1) is 0 Å². The number of hydrogen-bond donors (Lipinski definition) is 2. The molecule has 5 nitrogen and oxygen atoms in total. The molecule has 0 aliphatic carbocycles. The number of ether oxygens (including phenoxy) is 1. The number of benzene rings is 1. The van der Waals surface area contributed by atoms with E-state index in [2.05, 4.69) is 5.32 Å². The summed E-state index contributed by atoms with van der Waals surface area (Å²) in [5.74, 6) is -0.0489. The minimum Gasteiger partial charge on any atom is -0.507 e. The van der Waals surface area contributed by atoms with Gasteiger partial charge in [0.2, 0.25) is 0 Å². The molecule has 0 saturated carbocycles. The Morgan fingerprint density at radius 2 is 2.05 bits per heavy atom. The highest BCUT2D eigenvalue weighted by Gasteiger charge is 2.17. The van der Waals surface area contributed by atoms with Crippen molar-refractivity contribution in [1.82, 2.24) is 0 Å². The zero-order chi connectivity index (χ0) is 14.6. The third kappa shape index (κ3) is 4.28. The van der Waals surface area contributed by atoms with E-state index in [9.17, 15) is 14.7 Å².